The number of aryl methyl sites for hydroxylation is 1. The number of urea groups is 1. The summed E-state index contributed by atoms with van der Waals surface area (Å²) in [6.45, 7) is 6.86. The first kappa shape index (κ1) is 17.3. The smallest absolute Gasteiger partial charge is 0.317 e. The molecule has 134 valence electrons. The summed E-state index contributed by atoms with van der Waals surface area (Å²) in [6.07, 6.45) is 7.94. The van der Waals surface area contributed by atoms with Crippen molar-refractivity contribution in [1.82, 2.24) is 20.3 Å². The summed E-state index contributed by atoms with van der Waals surface area (Å²) >= 11 is 0. The van der Waals surface area contributed by atoms with E-state index in [0.29, 0.717) is 0 Å². The topological polar surface area (TPSA) is 61.6 Å². The molecule has 0 bridgehead atoms. The van der Waals surface area contributed by atoms with Crippen LogP contribution in [0.2, 0.25) is 0 Å². The highest BCUT2D eigenvalue weighted by molar-refractivity contribution is 5.74. The lowest BCUT2D eigenvalue weighted by Gasteiger charge is -2.34. The number of nitrogens with zero attached hydrogens (tertiary/aromatic N) is 3. The second-order valence-corrected chi connectivity index (χ2v) is 7.22. The molecule has 1 aromatic rings. The van der Waals surface area contributed by atoms with Crippen LogP contribution in [0.25, 0.3) is 0 Å². The molecule has 2 aliphatic rings. The van der Waals surface area contributed by atoms with Crippen molar-refractivity contribution in [2.24, 2.45) is 5.92 Å². The molecule has 6 nitrogen and oxygen atoms in total. The van der Waals surface area contributed by atoms with Crippen molar-refractivity contribution in [2.75, 3.05) is 32.7 Å². The van der Waals surface area contributed by atoms with Gasteiger partial charge in [0, 0.05) is 38.8 Å². The van der Waals surface area contributed by atoms with Gasteiger partial charge >= 0.3 is 6.03 Å². The molecule has 2 fully saturated rings. The van der Waals surface area contributed by atoms with Crippen molar-refractivity contribution >= 4 is 6.03 Å². The van der Waals surface area contributed by atoms with Gasteiger partial charge in [0.15, 0.2) is 5.76 Å². The molecule has 1 saturated heterocycles. The van der Waals surface area contributed by atoms with Gasteiger partial charge in [0.25, 0.3) is 0 Å². The number of hydrogen-bond acceptors (Lipinski definition) is 4. The Bertz CT molecular complexity index is 517. The summed E-state index contributed by atoms with van der Waals surface area (Å²) in [5, 5.41) is 7.03. The Balaban J connectivity index is 1.32. The van der Waals surface area contributed by atoms with E-state index in [1.165, 1.54) is 32.1 Å². The van der Waals surface area contributed by atoms with Gasteiger partial charge in [0.05, 0.1) is 12.2 Å². The monoisotopic (exact) mass is 334 g/mol. The van der Waals surface area contributed by atoms with E-state index >= 15 is 0 Å². The Morgan fingerprint density at radius 2 is 2.00 bits per heavy atom. The van der Waals surface area contributed by atoms with Crippen molar-refractivity contribution in [2.45, 2.75) is 52.0 Å². The van der Waals surface area contributed by atoms with Gasteiger partial charge in [-0.25, -0.2) is 4.79 Å². The first-order valence-electron chi connectivity index (χ1n) is 9.38. The van der Waals surface area contributed by atoms with Crippen LogP contribution < -0.4 is 5.32 Å². The summed E-state index contributed by atoms with van der Waals surface area (Å²) < 4.78 is 5.27. The molecule has 2 amide bonds. The SMILES string of the molecule is Cc1cc(CN2CCN(C(=O)NCCC3CCCCC3)CC2)on1. The minimum absolute atomic E-state index is 0.0981. The highest BCUT2D eigenvalue weighted by Gasteiger charge is 2.22. The minimum Gasteiger partial charge on any atom is -0.360 e. The summed E-state index contributed by atoms with van der Waals surface area (Å²) in [5.74, 6) is 1.72. The third kappa shape index (κ3) is 4.97. The van der Waals surface area contributed by atoms with Crippen LogP contribution in [0.3, 0.4) is 0 Å². The zero-order chi connectivity index (χ0) is 16.8. The largest absolute Gasteiger partial charge is 0.360 e. The highest BCUT2D eigenvalue weighted by Crippen LogP contribution is 2.25. The van der Waals surface area contributed by atoms with Crippen LogP contribution in [0.4, 0.5) is 4.79 Å². The van der Waals surface area contributed by atoms with Crippen LogP contribution in [-0.4, -0.2) is 53.7 Å². The third-order valence-corrected chi connectivity index (χ3v) is 5.27. The van der Waals surface area contributed by atoms with E-state index < -0.39 is 0 Å². The van der Waals surface area contributed by atoms with Crippen LogP contribution in [-0.2, 0) is 6.54 Å². The maximum absolute atomic E-state index is 12.3. The maximum Gasteiger partial charge on any atom is 0.317 e. The van der Waals surface area contributed by atoms with Crippen LogP contribution in [0, 0.1) is 12.8 Å². The van der Waals surface area contributed by atoms with E-state index in [2.05, 4.69) is 15.4 Å². The highest BCUT2D eigenvalue weighted by atomic mass is 16.5. The minimum atomic E-state index is 0.0981. The zero-order valence-corrected chi connectivity index (χ0v) is 14.8. The summed E-state index contributed by atoms with van der Waals surface area (Å²) in [7, 11) is 0. The average Bonchev–Trinajstić information content (AvgIpc) is 3.01. The van der Waals surface area contributed by atoms with E-state index in [0.717, 1.165) is 63.1 Å². The fourth-order valence-corrected chi connectivity index (χ4v) is 3.79. The second-order valence-electron chi connectivity index (χ2n) is 7.22. The molecule has 0 unspecified atom stereocenters. The lowest BCUT2D eigenvalue weighted by atomic mass is 9.87. The molecule has 2 heterocycles. The first-order chi connectivity index (χ1) is 11.7. The molecule has 0 aromatic carbocycles. The number of carbonyl (C=O) groups excluding carboxylic acids is 1. The fraction of sp³-hybridized carbons (Fsp3) is 0.778. The molecule has 1 saturated carbocycles. The van der Waals surface area contributed by atoms with Gasteiger partial charge in [0.2, 0.25) is 0 Å². The summed E-state index contributed by atoms with van der Waals surface area (Å²) in [4.78, 5) is 16.5. The number of hydrogen-bond donors (Lipinski definition) is 1. The molecule has 6 heteroatoms. The van der Waals surface area contributed by atoms with Crippen LogP contribution in [0.5, 0.6) is 0 Å². The quantitative estimate of drug-likeness (QED) is 0.899. The molecule has 0 atom stereocenters. The van der Waals surface area contributed by atoms with Gasteiger partial charge in [-0.05, 0) is 19.3 Å². The number of rotatable bonds is 5. The van der Waals surface area contributed by atoms with Gasteiger partial charge in [-0.15, -0.1) is 0 Å². The Kier molecular flexibility index (Phi) is 6.12. The Labute approximate surface area is 144 Å². The number of piperazine rings is 1. The van der Waals surface area contributed by atoms with Crippen molar-refractivity contribution < 1.29 is 9.32 Å². The third-order valence-electron chi connectivity index (χ3n) is 5.27. The molecule has 0 spiro atoms. The molecule has 1 aliphatic heterocycles. The lowest BCUT2D eigenvalue weighted by molar-refractivity contribution is 0.127. The Morgan fingerprint density at radius 1 is 1.25 bits per heavy atom. The van der Waals surface area contributed by atoms with Gasteiger partial charge in [-0.3, -0.25) is 4.90 Å². The number of aromatic nitrogens is 1. The summed E-state index contributed by atoms with van der Waals surface area (Å²) in [5.41, 5.74) is 0.918. The van der Waals surface area contributed by atoms with E-state index in [-0.39, 0.29) is 6.03 Å². The lowest BCUT2D eigenvalue weighted by Crippen LogP contribution is -2.51. The maximum atomic E-state index is 12.3. The average molecular weight is 334 g/mol. The van der Waals surface area contributed by atoms with Crippen LogP contribution >= 0.6 is 0 Å². The Morgan fingerprint density at radius 3 is 2.67 bits per heavy atom. The van der Waals surface area contributed by atoms with Crippen molar-refractivity contribution in [3.05, 3.63) is 17.5 Å². The first-order valence-corrected chi connectivity index (χ1v) is 9.38. The number of nitrogens with one attached hydrogen (secondary N) is 1. The molecule has 1 aromatic heterocycles. The van der Waals surface area contributed by atoms with Gasteiger partial charge in [-0.2, -0.15) is 0 Å². The van der Waals surface area contributed by atoms with Crippen LogP contribution in [0.15, 0.2) is 10.6 Å². The van der Waals surface area contributed by atoms with E-state index in [9.17, 15) is 4.79 Å². The molecule has 0 radical (unpaired) electrons. The van der Waals surface area contributed by atoms with E-state index in [1.807, 2.05) is 17.9 Å². The molecule has 24 heavy (non-hydrogen) atoms. The molecule has 3 rings (SSSR count). The molecular formula is C18H30N4O2. The van der Waals surface area contributed by atoms with Crippen molar-refractivity contribution in [3.63, 3.8) is 0 Å². The predicted octanol–water partition coefficient (Wildman–Crippen LogP) is 2.78. The zero-order valence-electron chi connectivity index (χ0n) is 14.8. The van der Waals surface area contributed by atoms with Crippen molar-refractivity contribution in [1.29, 1.82) is 0 Å². The number of amides is 2. The van der Waals surface area contributed by atoms with Gasteiger partial charge < -0.3 is 14.7 Å². The second kappa shape index (κ2) is 8.51. The molecular weight excluding hydrogens is 304 g/mol. The van der Waals surface area contributed by atoms with Crippen LogP contribution in [0.1, 0.15) is 50.0 Å². The van der Waals surface area contributed by atoms with Gasteiger partial charge in [0.1, 0.15) is 0 Å². The van der Waals surface area contributed by atoms with Crippen molar-refractivity contribution in [3.8, 4) is 0 Å². The summed E-state index contributed by atoms with van der Waals surface area (Å²) in [6, 6.07) is 2.07. The molecule has 1 aliphatic carbocycles. The number of carbonyl (C=O) groups is 1. The fourth-order valence-electron chi connectivity index (χ4n) is 3.79. The Hall–Kier alpha value is -1.56. The normalized spacial score (nSPS) is 20.3. The van der Waals surface area contributed by atoms with Gasteiger partial charge in [-0.1, -0.05) is 37.3 Å². The molecule has 1 N–H and O–H groups in total. The standard InChI is InChI=1S/C18H30N4O2/c1-15-13-17(24-20-15)14-21-9-11-22(12-10-21)18(23)19-8-7-16-5-3-2-4-6-16/h13,16H,2-12,14H2,1H3,(H,19,23). The van der Waals surface area contributed by atoms with E-state index in [1.54, 1.807) is 0 Å². The van der Waals surface area contributed by atoms with E-state index in [4.69, 9.17) is 4.52 Å². The predicted molar refractivity (Wildman–Crippen MR) is 92.7 cm³/mol.